The van der Waals surface area contributed by atoms with E-state index in [2.05, 4.69) is 10.4 Å². The van der Waals surface area contributed by atoms with Gasteiger partial charge in [0.15, 0.2) is 0 Å². The van der Waals surface area contributed by atoms with Gasteiger partial charge in [-0.05, 0) is 24.5 Å². The number of thioether (sulfide) groups is 1. The van der Waals surface area contributed by atoms with E-state index in [4.69, 9.17) is 39.5 Å². The Labute approximate surface area is 172 Å². The predicted octanol–water partition coefficient (Wildman–Crippen LogP) is 5.35. The highest BCUT2D eigenvalue weighted by atomic mass is 35.6. The Bertz CT molecular complexity index is 782. The van der Waals surface area contributed by atoms with E-state index in [0.29, 0.717) is 0 Å². The Balaban J connectivity index is 2.34. The van der Waals surface area contributed by atoms with Crippen LogP contribution < -0.4 is 10.1 Å². The molecule has 0 fully saturated rings. The quantitative estimate of drug-likeness (QED) is 0.518. The zero-order valence-electron chi connectivity index (χ0n) is 14.8. The van der Waals surface area contributed by atoms with E-state index in [-0.39, 0.29) is 17.8 Å². The molecule has 2 rings (SSSR count). The fourth-order valence-electron chi connectivity index (χ4n) is 2.03. The minimum absolute atomic E-state index is 0.168. The monoisotopic (exact) mass is 435 g/mol. The molecule has 1 aromatic heterocycles. The third-order valence-corrected chi connectivity index (χ3v) is 4.50. The second-order valence-corrected chi connectivity index (χ2v) is 9.99. The summed E-state index contributed by atoms with van der Waals surface area (Å²) in [6.07, 6.45) is 1.27. The average Bonchev–Trinajstić information content (AvgIpc) is 2.96. The lowest BCUT2D eigenvalue weighted by atomic mass is 9.93. The zero-order valence-corrected chi connectivity index (χ0v) is 17.9. The Kier molecular flexibility index (Phi) is 6.77. The molecule has 26 heavy (non-hydrogen) atoms. The molecule has 142 valence electrons. The number of carbonyl (C=O) groups excluding carboxylic acids is 1. The summed E-state index contributed by atoms with van der Waals surface area (Å²) in [5.41, 5.74) is 1.36. The van der Waals surface area contributed by atoms with Gasteiger partial charge in [-0.3, -0.25) is 0 Å². The Morgan fingerprint density at radius 3 is 2.54 bits per heavy atom. The van der Waals surface area contributed by atoms with Crippen molar-refractivity contribution in [2.45, 2.75) is 34.9 Å². The van der Waals surface area contributed by atoms with Crippen molar-refractivity contribution in [1.29, 1.82) is 0 Å². The van der Waals surface area contributed by atoms with E-state index in [0.717, 1.165) is 16.3 Å². The van der Waals surface area contributed by atoms with Gasteiger partial charge in [-0.2, -0.15) is 5.10 Å². The second-order valence-electron chi connectivity index (χ2n) is 6.59. The van der Waals surface area contributed by atoms with E-state index in [1.165, 1.54) is 0 Å². The van der Waals surface area contributed by atoms with Crippen LogP contribution in [0.4, 0.5) is 4.79 Å². The van der Waals surface area contributed by atoms with E-state index in [1.807, 2.05) is 51.3 Å². The number of nitrogens with zero attached hydrogens (tertiary/aromatic N) is 2. The normalized spacial score (nSPS) is 12.1. The van der Waals surface area contributed by atoms with Gasteiger partial charge in [0.1, 0.15) is 0 Å². The highest BCUT2D eigenvalue weighted by Gasteiger charge is 2.24. The number of carbonyl (C=O) groups is 1. The van der Waals surface area contributed by atoms with Crippen molar-refractivity contribution in [2.75, 3.05) is 12.8 Å². The molecule has 0 saturated carbocycles. The molecule has 1 amide bonds. The summed E-state index contributed by atoms with van der Waals surface area (Å²) in [6, 6.07) is 9.52. The van der Waals surface area contributed by atoms with Crippen molar-refractivity contribution in [3.8, 4) is 11.6 Å². The average molecular weight is 437 g/mol. The molecule has 0 bridgehead atoms. The van der Waals surface area contributed by atoms with Crippen LogP contribution in [0.1, 0.15) is 26.5 Å². The van der Waals surface area contributed by atoms with Gasteiger partial charge in [-0.25, -0.2) is 9.48 Å². The second kappa shape index (κ2) is 8.30. The maximum absolute atomic E-state index is 12.1. The molecule has 0 atom stereocenters. The minimum atomic E-state index is -1.59. The number of hydrogen-bond donors (Lipinski definition) is 1. The summed E-state index contributed by atoms with van der Waals surface area (Å²) in [7, 11) is 0. The van der Waals surface area contributed by atoms with Gasteiger partial charge in [0.2, 0.25) is 9.67 Å². The van der Waals surface area contributed by atoms with Gasteiger partial charge in [-0.15, -0.1) is 11.8 Å². The molecule has 0 aliphatic heterocycles. The van der Waals surface area contributed by atoms with Crippen LogP contribution in [0, 0.1) is 0 Å². The number of halogens is 3. The van der Waals surface area contributed by atoms with Crippen molar-refractivity contribution >= 4 is 52.7 Å². The molecule has 0 aliphatic carbocycles. The van der Waals surface area contributed by atoms with Gasteiger partial charge < -0.3 is 10.1 Å². The summed E-state index contributed by atoms with van der Waals surface area (Å²) in [4.78, 5) is 13.1. The van der Waals surface area contributed by atoms with E-state index < -0.39 is 9.89 Å². The Hall–Kier alpha value is -1.08. The van der Waals surface area contributed by atoms with Gasteiger partial charge >= 0.3 is 6.09 Å². The van der Waals surface area contributed by atoms with Crippen LogP contribution in [-0.4, -0.2) is 32.5 Å². The number of rotatable bonds is 4. The lowest BCUT2D eigenvalue weighted by Crippen LogP contribution is -2.34. The topological polar surface area (TPSA) is 56.2 Å². The number of aromatic nitrogens is 2. The van der Waals surface area contributed by atoms with Gasteiger partial charge in [-0.1, -0.05) is 61.6 Å². The van der Waals surface area contributed by atoms with Crippen molar-refractivity contribution in [3.63, 3.8) is 0 Å². The van der Waals surface area contributed by atoms with Gasteiger partial charge in [0.25, 0.3) is 0 Å². The first-order valence-corrected chi connectivity index (χ1v) is 10.1. The molecule has 0 radical (unpaired) electrons. The Morgan fingerprint density at radius 2 is 1.96 bits per heavy atom. The minimum Gasteiger partial charge on any atom is -0.391 e. The van der Waals surface area contributed by atoms with Crippen LogP contribution in [0.25, 0.3) is 5.69 Å². The van der Waals surface area contributed by atoms with Crippen LogP contribution >= 0.6 is 46.6 Å². The highest BCUT2D eigenvalue weighted by molar-refractivity contribution is 7.98. The number of ether oxygens (including phenoxy) is 1. The highest BCUT2D eigenvalue weighted by Crippen LogP contribution is 2.29. The van der Waals surface area contributed by atoms with Gasteiger partial charge in [0, 0.05) is 16.4 Å². The SMILES string of the molecule is CSc1cccc(-n2nc(C(C)(C)C)cc2OC(=O)NCC(Cl)(Cl)Cl)c1. The molecule has 9 heteroatoms. The van der Waals surface area contributed by atoms with Crippen molar-refractivity contribution in [3.05, 3.63) is 36.0 Å². The molecule has 1 aromatic carbocycles. The van der Waals surface area contributed by atoms with E-state index >= 15 is 0 Å². The number of hydrogen-bond acceptors (Lipinski definition) is 4. The van der Waals surface area contributed by atoms with Crippen molar-refractivity contribution in [1.82, 2.24) is 15.1 Å². The number of alkyl halides is 3. The fourth-order valence-corrected chi connectivity index (χ4v) is 2.69. The number of benzene rings is 1. The maximum atomic E-state index is 12.1. The van der Waals surface area contributed by atoms with E-state index in [1.54, 1.807) is 22.5 Å². The van der Waals surface area contributed by atoms with E-state index in [9.17, 15) is 4.79 Å². The van der Waals surface area contributed by atoms with Crippen LogP contribution in [-0.2, 0) is 5.41 Å². The molecule has 5 nitrogen and oxygen atoms in total. The van der Waals surface area contributed by atoms with Crippen molar-refractivity contribution < 1.29 is 9.53 Å². The molecule has 0 saturated heterocycles. The Morgan fingerprint density at radius 1 is 1.27 bits per heavy atom. The van der Waals surface area contributed by atoms with Crippen LogP contribution in [0.2, 0.25) is 0 Å². The lowest BCUT2D eigenvalue weighted by Gasteiger charge is -2.14. The van der Waals surface area contributed by atoms with Crippen molar-refractivity contribution in [2.24, 2.45) is 0 Å². The number of nitrogens with one attached hydrogen (secondary N) is 1. The summed E-state index contributed by atoms with van der Waals surface area (Å²) in [5.74, 6) is 0.287. The maximum Gasteiger partial charge on any atom is 0.414 e. The summed E-state index contributed by atoms with van der Waals surface area (Å²) < 4.78 is 5.41. The largest absolute Gasteiger partial charge is 0.414 e. The van der Waals surface area contributed by atoms with Crippen LogP contribution in [0.3, 0.4) is 0 Å². The fraction of sp³-hybridized carbons (Fsp3) is 0.412. The third-order valence-electron chi connectivity index (χ3n) is 3.37. The summed E-state index contributed by atoms with van der Waals surface area (Å²) in [5, 5.41) is 7.03. The molecule has 2 aromatic rings. The van der Waals surface area contributed by atoms with Crippen LogP contribution in [0.15, 0.2) is 35.2 Å². The standard InChI is InChI=1S/C17H20Cl3N3O2S/c1-16(2,3)13-9-14(25-15(24)21-10-17(18,19)20)23(22-13)11-6-5-7-12(8-11)26-4/h5-9H,10H2,1-4H3,(H,21,24). The summed E-state index contributed by atoms with van der Waals surface area (Å²) in [6.45, 7) is 5.93. The molecular formula is C17H20Cl3N3O2S. The molecule has 0 aliphatic rings. The first-order chi connectivity index (χ1) is 12.0. The third kappa shape index (κ3) is 5.98. The van der Waals surface area contributed by atoms with Crippen LogP contribution in [0.5, 0.6) is 5.88 Å². The molecular weight excluding hydrogens is 417 g/mol. The summed E-state index contributed by atoms with van der Waals surface area (Å²) >= 11 is 18.6. The molecule has 1 heterocycles. The molecule has 1 N–H and O–H groups in total. The molecule has 0 unspecified atom stereocenters. The smallest absolute Gasteiger partial charge is 0.391 e. The zero-order chi connectivity index (χ0) is 19.5. The number of amides is 1. The first-order valence-electron chi connectivity index (χ1n) is 7.77. The van der Waals surface area contributed by atoms with Gasteiger partial charge in [0.05, 0.1) is 17.9 Å². The lowest BCUT2D eigenvalue weighted by molar-refractivity contribution is 0.197. The first kappa shape index (κ1) is 21.2. The predicted molar refractivity (Wildman–Crippen MR) is 108 cm³/mol. The molecule has 0 spiro atoms.